The highest BCUT2D eigenvalue weighted by Crippen LogP contribution is 2.35. The molecule has 176 valence electrons. The fraction of sp³-hybridized carbons (Fsp3) is 0.346. The van der Waals surface area contributed by atoms with Crippen LogP contribution in [0.2, 0.25) is 0 Å². The first-order chi connectivity index (χ1) is 16.7. The first-order valence-electron chi connectivity index (χ1n) is 11.5. The lowest BCUT2D eigenvalue weighted by Crippen LogP contribution is -2.24. The molecule has 5 rings (SSSR count). The van der Waals surface area contributed by atoms with Crippen molar-refractivity contribution in [2.24, 2.45) is 0 Å². The summed E-state index contributed by atoms with van der Waals surface area (Å²) in [5, 5.41) is 1.60. The Morgan fingerprint density at radius 3 is 2.74 bits per heavy atom. The molecule has 0 saturated carbocycles. The second-order valence-corrected chi connectivity index (χ2v) is 10.4. The minimum Gasteiger partial charge on any atom is -0.493 e. The fourth-order valence-corrected chi connectivity index (χ4v) is 6.70. The molecule has 6 nitrogen and oxygen atoms in total. The van der Waals surface area contributed by atoms with Crippen LogP contribution >= 0.6 is 23.1 Å². The quantitative estimate of drug-likeness (QED) is 0.246. The van der Waals surface area contributed by atoms with Gasteiger partial charge in [0.1, 0.15) is 4.83 Å². The predicted octanol–water partition coefficient (Wildman–Crippen LogP) is 5.28. The van der Waals surface area contributed by atoms with Crippen LogP contribution in [0.15, 0.2) is 52.7 Å². The Morgan fingerprint density at radius 2 is 1.94 bits per heavy atom. The van der Waals surface area contributed by atoms with E-state index in [4.69, 9.17) is 14.5 Å². The van der Waals surface area contributed by atoms with Gasteiger partial charge in [0.2, 0.25) is 0 Å². The summed E-state index contributed by atoms with van der Waals surface area (Å²) in [6.45, 7) is 0.553. The Bertz CT molecular complexity index is 1370. The summed E-state index contributed by atoms with van der Waals surface area (Å²) in [5.74, 6) is 2.11. The maximum absolute atomic E-state index is 13.8. The number of nitrogens with zero attached hydrogens (tertiary/aromatic N) is 3. The van der Waals surface area contributed by atoms with Crippen molar-refractivity contribution in [1.29, 1.82) is 0 Å². The highest BCUT2D eigenvalue weighted by Gasteiger charge is 2.22. The first kappa shape index (κ1) is 22.9. The number of thiophene rings is 1. The number of fused-ring (bicyclic) bond motifs is 3. The van der Waals surface area contributed by atoms with Crippen molar-refractivity contribution >= 4 is 33.3 Å². The standard InChI is InChI=1S/C26H27N3O3S2/c1-31-20-10-9-17(14-21(20)32-2)11-13-29-25(30)23-19-7-3-4-8-22(19)34-24(23)28-26(29)33-16-18-6-5-12-27-15-18/h5-6,9-10,12,14-15H,3-4,7-8,11,13,16H2,1-2H3. The second kappa shape index (κ2) is 10.2. The van der Waals surface area contributed by atoms with Crippen LogP contribution in [0.5, 0.6) is 11.5 Å². The molecule has 8 heteroatoms. The van der Waals surface area contributed by atoms with Crippen LogP contribution in [-0.2, 0) is 31.6 Å². The van der Waals surface area contributed by atoms with E-state index in [1.807, 2.05) is 35.0 Å². The molecule has 0 amide bonds. The third-order valence-electron chi connectivity index (χ3n) is 6.20. The van der Waals surface area contributed by atoms with Gasteiger partial charge in [0, 0.05) is 29.6 Å². The zero-order valence-electron chi connectivity index (χ0n) is 19.4. The van der Waals surface area contributed by atoms with Gasteiger partial charge in [0.05, 0.1) is 19.6 Å². The number of ether oxygens (including phenoxy) is 2. The number of hydrogen-bond acceptors (Lipinski definition) is 7. The van der Waals surface area contributed by atoms with Crippen molar-refractivity contribution in [3.8, 4) is 11.5 Å². The zero-order chi connectivity index (χ0) is 23.5. The largest absolute Gasteiger partial charge is 0.493 e. The third kappa shape index (κ3) is 4.57. The topological polar surface area (TPSA) is 66.2 Å². The van der Waals surface area contributed by atoms with Crippen LogP contribution in [0.3, 0.4) is 0 Å². The maximum atomic E-state index is 13.8. The van der Waals surface area contributed by atoms with Gasteiger partial charge in [-0.3, -0.25) is 14.3 Å². The Morgan fingerprint density at radius 1 is 1.09 bits per heavy atom. The first-order valence-corrected chi connectivity index (χ1v) is 13.3. The molecule has 34 heavy (non-hydrogen) atoms. The molecule has 4 aromatic rings. The fourth-order valence-electron chi connectivity index (χ4n) is 4.44. The number of aryl methyl sites for hydroxylation is 3. The number of rotatable bonds is 8. The van der Waals surface area contributed by atoms with Crippen molar-refractivity contribution in [2.45, 2.75) is 49.6 Å². The molecule has 3 heterocycles. The minimum atomic E-state index is 0.0820. The van der Waals surface area contributed by atoms with Crippen molar-refractivity contribution in [3.63, 3.8) is 0 Å². The minimum absolute atomic E-state index is 0.0820. The Labute approximate surface area is 207 Å². The summed E-state index contributed by atoms with van der Waals surface area (Å²) in [7, 11) is 3.27. The van der Waals surface area contributed by atoms with E-state index in [1.165, 1.54) is 16.9 Å². The molecule has 0 atom stereocenters. The summed E-state index contributed by atoms with van der Waals surface area (Å²) in [6, 6.07) is 9.89. The highest BCUT2D eigenvalue weighted by atomic mass is 32.2. The SMILES string of the molecule is COc1ccc(CCn2c(SCc3cccnc3)nc3sc4c(c3c2=O)CCCC4)cc1OC. The van der Waals surface area contributed by atoms with Crippen molar-refractivity contribution < 1.29 is 9.47 Å². The normalized spacial score (nSPS) is 13.1. The highest BCUT2D eigenvalue weighted by molar-refractivity contribution is 7.98. The molecule has 1 aromatic carbocycles. The van der Waals surface area contributed by atoms with E-state index >= 15 is 0 Å². The Kier molecular flexibility index (Phi) is 6.87. The molecule has 3 aromatic heterocycles. The zero-order valence-corrected chi connectivity index (χ0v) is 21.0. The van der Waals surface area contributed by atoms with Crippen LogP contribution in [-0.4, -0.2) is 28.8 Å². The molecule has 1 aliphatic carbocycles. The van der Waals surface area contributed by atoms with Crippen molar-refractivity contribution in [3.05, 3.63) is 74.6 Å². The van der Waals surface area contributed by atoms with Gasteiger partial charge in [-0.25, -0.2) is 4.98 Å². The molecule has 0 unspecified atom stereocenters. The van der Waals surface area contributed by atoms with Crippen molar-refractivity contribution in [1.82, 2.24) is 14.5 Å². The lowest BCUT2D eigenvalue weighted by molar-refractivity contribution is 0.354. The van der Waals surface area contributed by atoms with Gasteiger partial charge < -0.3 is 9.47 Å². The van der Waals surface area contributed by atoms with Crippen LogP contribution in [0.4, 0.5) is 0 Å². The van der Waals surface area contributed by atoms with E-state index < -0.39 is 0 Å². The molecule has 0 bridgehead atoms. The Balaban J connectivity index is 1.51. The molecule has 0 saturated heterocycles. The van der Waals surface area contributed by atoms with Gasteiger partial charge in [0.15, 0.2) is 16.7 Å². The summed E-state index contributed by atoms with van der Waals surface area (Å²) >= 11 is 3.30. The van der Waals surface area contributed by atoms with E-state index in [9.17, 15) is 4.79 Å². The number of hydrogen-bond donors (Lipinski definition) is 0. The maximum Gasteiger partial charge on any atom is 0.263 e. The molecular formula is C26H27N3O3S2. The molecule has 0 fully saturated rings. The predicted molar refractivity (Wildman–Crippen MR) is 138 cm³/mol. The number of aromatic nitrogens is 3. The van der Waals surface area contributed by atoms with Crippen LogP contribution in [0.1, 0.15) is 34.4 Å². The molecule has 0 radical (unpaired) electrons. The van der Waals surface area contributed by atoms with E-state index in [2.05, 4.69) is 11.1 Å². The van der Waals surface area contributed by atoms with Crippen LogP contribution in [0, 0.1) is 0 Å². The van der Waals surface area contributed by atoms with E-state index in [-0.39, 0.29) is 5.56 Å². The van der Waals surface area contributed by atoms with Crippen LogP contribution in [0.25, 0.3) is 10.2 Å². The number of benzene rings is 1. The third-order valence-corrected chi connectivity index (χ3v) is 8.44. The van der Waals surface area contributed by atoms with Gasteiger partial charge >= 0.3 is 0 Å². The van der Waals surface area contributed by atoms with Crippen LogP contribution < -0.4 is 15.0 Å². The second-order valence-electron chi connectivity index (χ2n) is 8.33. The molecule has 0 spiro atoms. The molecule has 1 aliphatic rings. The van der Waals surface area contributed by atoms with Gasteiger partial charge in [-0.2, -0.15) is 0 Å². The van der Waals surface area contributed by atoms with E-state index in [1.54, 1.807) is 43.5 Å². The number of thioether (sulfide) groups is 1. The number of pyridine rings is 1. The average Bonchev–Trinajstić information content (AvgIpc) is 3.26. The lowest BCUT2D eigenvalue weighted by Gasteiger charge is -2.14. The van der Waals surface area contributed by atoms with Gasteiger partial charge in [0.25, 0.3) is 5.56 Å². The molecule has 0 aliphatic heterocycles. The van der Waals surface area contributed by atoms with E-state index in [0.29, 0.717) is 30.2 Å². The summed E-state index contributed by atoms with van der Waals surface area (Å²) < 4.78 is 12.7. The lowest BCUT2D eigenvalue weighted by atomic mass is 9.97. The van der Waals surface area contributed by atoms with Gasteiger partial charge in [-0.15, -0.1) is 11.3 Å². The summed E-state index contributed by atoms with van der Waals surface area (Å²) in [5.41, 5.74) is 3.50. The van der Waals surface area contributed by atoms with E-state index in [0.717, 1.165) is 45.8 Å². The smallest absolute Gasteiger partial charge is 0.263 e. The van der Waals surface area contributed by atoms with Gasteiger partial charge in [-0.1, -0.05) is 23.9 Å². The average molecular weight is 494 g/mol. The van der Waals surface area contributed by atoms with Crippen molar-refractivity contribution in [2.75, 3.05) is 14.2 Å². The van der Waals surface area contributed by atoms with Gasteiger partial charge in [-0.05, 0) is 67.0 Å². The number of methoxy groups -OCH3 is 2. The summed E-state index contributed by atoms with van der Waals surface area (Å²) in [6.07, 6.45) is 8.69. The monoisotopic (exact) mass is 493 g/mol. The molecule has 0 N–H and O–H groups in total. The molecular weight excluding hydrogens is 466 g/mol. The Hall–Kier alpha value is -2.84. The summed E-state index contributed by atoms with van der Waals surface area (Å²) in [4.78, 5) is 25.2.